The first-order chi connectivity index (χ1) is 8.22. The molecule has 0 aliphatic heterocycles. The lowest BCUT2D eigenvalue weighted by Gasteiger charge is -2.20. The molecule has 0 spiro atoms. The number of hydrogen-bond acceptors (Lipinski definition) is 3. The summed E-state index contributed by atoms with van der Waals surface area (Å²) in [6, 6.07) is 7.59. The Balaban J connectivity index is 2.70. The highest BCUT2D eigenvalue weighted by Crippen LogP contribution is 2.15. The van der Waals surface area contributed by atoms with Gasteiger partial charge in [-0.2, -0.15) is 0 Å². The molecule has 1 aromatic rings. The Labute approximate surface area is 103 Å². The van der Waals surface area contributed by atoms with E-state index in [1.54, 1.807) is 0 Å². The third-order valence-corrected chi connectivity index (χ3v) is 2.67. The van der Waals surface area contributed by atoms with Gasteiger partial charge in [-0.15, -0.1) is 0 Å². The molecule has 1 rings (SSSR count). The summed E-state index contributed by atoms with van der Waals surface area (Å²) in [6.45, 7) is 8.64. The van der Waals surface area contributed by atoms with E-state index >= 15 is 0 Å². The number of nitrogens with zero attached hydrogens (tertiary/aromatic N) is 1. The van der Waals surface area contributed by atoms with E-state index in [-0.39, 0.29) is 5.97 Å². The number of carbonyl (C=O) groups is 1. The van der Waals surface area contributed by atoms with E-state index in [0.717, 1.165) is 25.2 Å². The molecule has 3 nitrogen and oxygen atoms in total. The summed E-state index contributed by atoms with van der Waals surface area (Å²) in [6.07, 6.45) is 0.850. The predicted molar refractivity (Wildman–Crippen MR) is 70.6 cm³/mol. The average molecular weight is 235 g/mol. The first kappa shape index (κ1) is 13.6. The molecule has 0 aromatic heterocycles. The van der Waals surface area contributed by atoms with Crippen LogP contribution in [0.2, 0.25) is 0 Å². The molecule has 0 heterocycles. The SMILES string of the molecule is CCCOC(=O)c1ccc(N(CC)CC)cc1. The summed E-state index contributed by atoms with van der Waals surface area (Å²) in [5.74, 6) is -0.238. The highest BCUT2D eigenvalue weighted by Gasteiger charge is 2.07. The molecule has 0 fully saturated rings. The van der Waals surface area contributed by atoms with Crippen molar-refractivity contribution in [3.63, 3.8) is 0 Å². The lowest BCUT2D eigenvalue weighted by molar-refractivity contribution is 0.0505. The van der Waals surface area contributed by atoms with Gasteiger partial charge in [0.25, 0.3) is 0 Å². The summed E-state index contributed by atoms with van der Waals surface area (Å²) in [7, 11) is 0. The fraction of sp³-hybridized carbons (Fsp3) is 0.500. The molecule has 0 saturated heterocycles. The number of esters is 1. The number of carbonyl (C=O) groups excluding carboxylic acids is 1. The normalized spacial score (nSPS) is 10.1. The Kier molecular flexibility index (Phi) is 5.53. The van der Waals surface area contributed by atoms with Crippen LogP contribution >= 0.6 is 0 Å². The zero-order valence-electron chi connectivity index (χ0n) is 10.9. The molecular weight excluding hydrogens is 214 g/mol. The van der Waals surface area contributed by atoms with E-state index in [9.17, 15) is 4.79 Å². The summed E-state index contributed by atoms with van der Waals surface area (Å²) >= 11 is 0. The summed E-state index contributed by atoms with van der Waals surface area (Å²) in [4.78, 5) is 13.8. The average Bonchev–Trinajstić information content (AvgIpc) is 2.38. The summed E-state index contributed by atoms with van der Waals surface area (Å²) in [5.41, 5.74) is 1.76. The van der Waals surface area contributed by atoms with E-state index in [1.165, 1.54) is 0 Å². The second kappa shape index (κ2) is 6.94. The van der Waals surface area contributed by atoms with E-state index < -0.39 is 0 Å². The number of hydrogen-bond donors (Lipinski definition) is 0. The third kappa shape index (κ3) is 3.77. The van der Waals surface area contributed by atoms with Crippen LogP contribution in [0.1, 0.15) is 37.6 Å². The molecule has 0 aliphatic rings. The van der Waals surface area contributed by atoms with E-state index in [4.69, 9.17) is 4.74 Å². The minimum absolute atomic E-state index is 0.238. The van der Waals surface area contributed by atoms with Crippen LogP contribution in [0, 0.1) is 0 Å². The monoisotopic (exact) mass is 235 g/mol. The molecular formula is C14H21NO2. The van der Waals surface area contributed by atoms with Gasteiger partial charge < -0.3 is 9.64 Å². The third-order valence-electron chi connectivity index (χ3n) is 2.67. The van der Waals surface area contributed by atoms with Gasteiger partial charge in [0.1, 0.15) is 0 Å². The van der Waals surface area contributed by atoms with Crippen LogP contribution in [0.5, 0.6) is 0 Å². The zero-order valence-corrected chi connectivity index (χ0v) is 10.9. The molecule has 0 N–H and O–H groups in total. The lowest BCUT2D eigenvalue weighted by Crippen LogP contribution is -2.21. The van der Waals surface area contributed by atoms with Gasteiger partial charge in [0.15, 0.2) is 0 Å². The van der Waals surface area contributed by atoms with Crippen molar-refractivity contribution >= 4 is 11.7 Å². The van der Waals surface area contributed by atoms with Crippen LogP contribution in [-0.4, -0.2) is 25.7 Å². The maximum atomic E-state index is 11.6. The van der Waals surface area contributed by atoms with Crippen molar-refractivity contribution in [3.05, 3.63) is 29.8 Å². The molecule has 1 aromatic carbocycles. The maximum absolute atomic E-state index is 11.6. The van der Waals surface area contributed by atoms with Crippen molar-refractivity contribution in [2.75, 3.05) is 24.6 Å². The molecule has 0 aliphatic carbocycles. The highest BCUT2D eigenvalue weighted by molar-refractivity contribution is 5.89. The van der Waals surface area contributed by atoms with E-state index in [1.807, 2.05) is 31.2 Å². The van der Waals surface area contributed by atoms with Crippen molar-refractivity contribution in [2.45, 2.75) is 27.2 Å². The molecule has 0 radical (unpaired) electrons. The van der Waals surface area contributed by atoms with E-state index in [0.29, 0.717) is 12.2 Å². The lowest BCUT2D eigenvalue weighted by atomic mass is 10.2. The number of anilines is 1. The Morgan fingerprint density at radius 3 is 2.18 bits per heavy atom. The number of benzene rings is 1. The van der Waals surface area contributed by atoms with Gasteiger partial charge in [-0.3, -0.25) is 0 Å². The first-order valence-corrected chi connectivity index (χ1v) is 6.25. The van der Waals surface area contributed by atoms with Gasteiger partial charge >= 0.3 is 5.97 Å². The summed E-state index contributed by atoms with van der Waals surface area (Å²) in [5, 5.41) is 0. The van der Waals surface area contributed by atoms with Gasteiger partial charge in [-0.1, -0.05) is 6.92 Å². The Morgan fingerprint density at radius 1 is 1.12 bits per heavy atom. The van der Waals surface area contributed by atoms with Crippen LogP contribution in [-0.2, 0) is 4.74 Å². The molecule has 94 valence electrons. The molecule has 17 heavy (non-hydrogen) atoms. The van der Waals surface area contributed by atoms with Crippen LogP contribution < -0.4 is 4.90 Å². The van der Waals surface area contributed by atoms with Crippen LogP contribution in [0.25, 0.3) is 0 Å². The highest BCUT2D eigenvalue weighted by atomic mass is 16.5. The van der Waals surface area contributed by atoms with Gasteiger partial charge in [-0.05, 0) is 44.5 Å². The van der Waals surface area contributed by atoms with Crippen molar-refractivity contribution in [2.24, 2.45) is 0 Å². The zero-order chi connectivity index (χ0) is 12.7. The standard InChI is InChI=1S/C14H21NO2/c1-4-11-17-14(16)12-7-9-13(10-8-12)15(5-2)6-3/h7-10H,4-6,11H2,1-3H3. The molecule has 0 saturated carbocycles. The Bertz CT molecular complexity index is 342. The van der Waals surface area contributed by atoms with Gasteiger partial charge in [0.05, 0.1) is 12.2 Å². The second-order valence-corrected chi connectivity index (χ2v) is 3.86. The Morgan fingerprint density at radius 2 is 1.71 bits per heavy atom. The van der Waals surface area contributed by atoms with Crippen molar-refractivity contribution in [1.29, 1.82) is 0 Å². The topological polar surface area (TPSA) is 29.5 Å². The maximum Gasteiger partial charge on any atom is 0.338 e. The number of rotatable bonds is 6. The molecule has 0 unspecified atom stereocenters. The molecule has 0 bridgehead atoms. The second-order valence-electron chi connectivity index (χ2n) is 3.86. The van der Waals surface area contributed by atoms with Gasteiger partial charge in [0.2, 0.25) is 0 Å². The van der Waals surface area contributed by atoms with Crippen molar-refractivity contribution in [1.82, 2.24) is 0 Å². The molecule has 0 amide bonds. The van der Waals surface area contributed by atoms with Gasteiger partial charge in [0, 0.05) is 18.8 Å². The van der Waals surface area contributed by atoms with Crippen LogP contribution in [0.4, 0.5) is 5.69 Å². The molecule has 3 heteroatoms. The quantitative estimate of drug-likeness (QED) is 0.710. The fourth-order valence-corrected chi connectivity index (χ4v) is 1.68. The van der Waals surface area contributed by atoms with Gasteiger partial charge in [-0.25, -0.2) is 4.79 Å². The largest absolute Gasteiger partial charge is 0.462 e. The first-order valence-electron chi connectivity index (χ1n) is 6.25. The van der Waals surface area contributed by atoms with E-state index in [2.05, 4.69) is 18.7 Å². The van der Waals surface area contributed by atoms with Crippen molar-refractivity contribution < 1.29 is 9.53 Å². The number of ether oxygens (including phenoxy) is 1. The fourth-order valence-electron chi connectivity index (χ4n) is 1.68. The summed E-state index contributed by atoms with van der Waals surface area (Å²) < 4.78 is 5.08. The minimum atomic E-state index is -0.238. The Hall–Kier alpha value is -1.51. The molecule has 0 atom stereocenters. The van der Waals surface area contributed by atoms with Crippen molar-refractivity contribution in [3.8, 4) is 0 Å². The smallest absolute Gasteiger partial charge is 0.338 e. The minimum Gasteiger partial charge on any atom is -0.462 e. The van der Waals surface area contributed by atoms with Crippen LogP contribution in [0.3, 0.4) is 0 Å². The predicted octanol–water partition coefficient (Wildman–Crippen LogP) is 3.10. The van der Waals surface area contributed by atoms with Crippen LogP contribution in [0.15, 0.2) is 24.3 Å².